The molecular formula is C24H27N5OS3. The lowest BCUT2D eigenvalue weighted by Crippen LogP contribution is -2.14. The van der Waals surface area contributed by atoms with Crippen molar-refractivity contribution < 1.29 is 4.79 Å². The lowest BCUT2D eigenvalue weighted by atomic mass is 10.1. The second-order valence-corrected chi connectivity index (χ2v) is 10.6. The number of hydrogen-bond donors (Lipinski definition) is 1. The molecule has 1 N–H and O–H groups in total. The molecule has 0 spiro atoms. The summed E-state index contributed by atoms with van der Waals surface area (Å²) in [5, 5.41) is 17.1. The van der Waals surface area contributed by atoms with Crippen molar-refractivity contribution in [3.8, 4) is 22.6 Å². The van der Waals surface area contributed by atoms with Crippen LogP contribution < -0.4 is 5.32 Å². The number of carbonyl (C=O) groups is 1. The normalized spacial score (nSPS) is 11.2. The van der Waals surface area contributed by atoms with Gasteiger partial charge in [0.05, 0.1) is 11.4 Å². The number of thiophene rings is 1. The fraction of sp³-hybridized carbons (Fsp3) is 0.333. The fourth-order valence-corrected chi connectivity index (χ4v) is 5.93. The van der Waals surface area contributed by atoms with Gasteiger partial charge in [0, 0.05) is 33.3 Å². The molecule has 0 fully saturated rings. The first kappa shape index (κ1) is 23.7. The van der Waals surface area contributed by atoms with E-state index in [-0.39, 0.29) is 11.7 Å². The van der Waals surface area contributed by atoms with Gasteiger partial charge in [-0.1, -0.05) is 37.2 Å². The van der Waals surface area contributed by atoms with Crippen LogP contribution in [0.1, 0.15) is 36.3 Å². The Kier molecular flexibility index (Phi) is 7.62. The number of carbonyl (C=O) groups excluding carboxylic acids is 1. The summed E-state index contributed by atoms with van der Waals surface area (Å²) in [6, 6.07) is 8.48. The quantitative estimate of drug-likeness (QED) is 0.269. The van der Waals surface area contributed by atoms with E-state index in [1.165, 1.54) is 39.1 Å². The molecule has 4 rings (SSSR count). The van der Waals surface area contributed by atoms with Gasteiger partial charge in [-0.05, 0) is 50.5 Å². The third-order valence-electron chi connectivity index (χ3n) is 5.33. The van der Waals surface area contributed by atoms with E-state index >= 15 is 0 Å². The SMILES string of the molecule is CCCc1cc(-c2nnc(SCC(=O)Nc3nc(-c4ccc(C)c(C)c4)cs3)n2CC)cs1. The monoisotopic (exact) mass is 497 g/mol. The molecule has 4 aromatic rings. The van der Waals surface area contributed by atoms with E-state index in [0.29, 0.717) is 5.13 Å². The lowest BCUT2D eigenvalue weighted by molar-refractivity contribution is -0.113. The van der Waals surface area contributed by atoms with Crippen LogP contribution in [0.3, 0.4) is 0 Å². The first-order valence-electron chi connectivity index (χ1n) is 10.9. The van der Waals surface area contributed by atoms with E-state index in [4.69, 9.17) is 0 Å². The number of benzene rings is 1. The van der Waals surface area contributed by atoms with Gasteiger partial charge in [-0.2, -0.15) is 0 Å². The van der Waals surface area contributed by atoms with Gasteiger partial charge in [-0.25, -0.2) is 4.98 Å². The van der Waals surface area contributed by atoms with Crippen molar-refractivity contribution in [1.82, 2.24) is 19.7 Å². The molecule has 0 atom stereocenters. The van der Waals surface area contributed by atoms with Crippen molar-refractivity contribution in [2.24, 2.45) is 0 Å². The molecule has 3 heterocycles. The number of aryl methyl sites for hydroxylation is 3. The molecule has 0 unspecified atom stereocenters. The molecule has 0 bridgehead atoms. The number of thiazole rings is 1. The van der Waals surface area contributed by atoms with Gasteiger partial charge in [0.25, 0.3) is 0 Å². The first-order valence-corrected chi connectivity index (χ1v) is 13.7. The van der Waals surface area contributed by atoms with E-state index in [9.17, 15) is 4.79 Å². The molecule has 0 saturated carbocycles. The van der Waals surface area contributed by atoms with Crippen molar-refractivity contribution in [2.45, 2.75) is 52.2 Å². The van der Waals surface area contributed by atoms with Crippen LogP contribution in [0.15, 0.2) is 40.2 Å². The van der Waals surface area contributed by atoms with Gasteiger partial charge < -0.3 is 9.88 Å². The number of rotatable bonds is 9. The van der Waals surface area contributed by atoms with Gasteiger partial charge in [0.15, 0.2) is 16.1 Å². The summed E-state index contributed by atoms with van der Waals surface area (Å²) in [5.74, 6) is 1.01. The summed E-state index contributed by atoms with van der Waals surface area (Å²) in [7, 11) is 0. The summed E-state index contributed by atoms with van der Waals surface area (Å²) in [6.07, 6.45) is 2.20. The number of thioether (sulfide) groups is 1. The van der Waals surface area contributed by atoms with Gasteiger partial charge in [-0.3, -0.25) is 4.79 Å². The molecule has 6 nitrogen and oxygen atoms in total. The van der Waals surface area contributed by atoms with Gasteiger partial charge in [0.1, 0.15) is 0 Å². The Bertz CT molecular complexity index is 1260. The zero-order valence-corrected chi connectivity index (χ0v) is 21.7. The molecule has 0 aliphatic heterocycles. The van der Waals surface area contributed by atoms with Crippen LogP contribution >= 0.6 is 34.4 Å². The fourth-order valence-electron chi connectivity index (χ4n) is 3.42. The summed E-state index contributed by atoms with van der Waals surface area (Å²) in [5.41, 5.74) is 5.51. The zero-order chi connectivity index (χ0) is 23.4. The number of hydrogen-bond acceptors (Lipinski definition) is 7. The number of nitrogens with zero attached hydrogens (tertiary/aromatic N) is 4. The first-order chi connectivity index (χ1) is 16.0. The third-order valence-corrected chi connectivity index (χ3v) is 8.05. The average molecular weight is 498 g/mol. The molecule has 0 aliphatic rings. The maximum atomic E-state index is 12.6. The Labute approximate surface area is 206 Å². The minimum absolute atomic E-state index is 0.103. The molecular weight excluding hydrogens is 470 g/mol. The van der Waals surface area contributed by atoms with Crippen molar-refractivity contribution in [3.05, 3.63) is 51.0 Å². The van der Waals surface area contributed by atoms with Gasteiger partial charge >= 0.3 is 0 Å². The summed E-state index contributed by atoms with van der Waals surface area (Å²) in [6.45, 7) is 9.19. The molecule has 33 heavy (non-hydrogen) atoms. The molecule has 1 aromatic carbocycles. The van der Waals surface area contributed by atoms with Crippen LogP contribution in [-0.2, 0) is 17.8 Å². The van der Waals surface area contributed by atoms with Crippen LogP contribution in [0, 0.1) is 13.8 Å². The van der Waals surface area contributed by atoms with E-state index in [2.05, 4.69) is 82.4 Å². The summed E-state index contributed by atoms with van der Waals surface area (Å²) < 4.78 is 2.07. The highest BCUT2D eigenvalue weighted by molar-refractivity contribution is 7.99. The molecule has 9 heteroatoms. The van der Waals surface area contributed by atoms with Crippen LogP contribution in [0.25, 0.3) is 22.6 Å². The largest absolute Gasteiger partial charge is 0.302 e. The van der Waals surface area contributed by atoms with Crippen molar-refractivity contribution in [3.63, 3.8) is 0 Å². The highest BCUT2D eigenvalue weighted by Crippen LogP contribution is 2.29. The predicted octanol–water partition coefficient (Wildman–Crippen LogP) is 6.45. The smallest absolute Gasteiger partial charge is 0.236 e. The van der Waals surface area contributed by atoms with Gasteiger partial charge in [0.2, 0.25) is 5.91 Å². The lowest BCUT2D eigenvalue weighted by Gasteiger charge is -2.06. The Morgan fingerprint density at radius 2 is 1.91 bits per heavy atom. The number of aromatic nitrogens is 4. The summed E-state index contributed by atoms with van der Waals surface area (Å²) >= 11 is 4.59. The topological polar surface area (TPSA) is 72.7 Å². The molecule has 0 aliphatic carbocycles. The maximum absolute atomic E-state index is 12.6. The van der Waals surface area contributed by atoms with E-state index in [0.717, 1.165) is 47.2 Å². The van der Waals surface area contributed by atoms with Crippen LogP contribution in [0.5, 0.6) is 0 Å². The summed E-state index contributed by atoms with van der Waals surface area (Å²) in [4.78, 5) is 18.5. The molecule has 172 valence electrons. The Morgan fingerprint density at radius 1 is 1.06 bits per heavy atom. The van der Waals surface area contributed by atoms with Crippen molar-refractivity contribution in [1.29, 1.82) is 0 Å². The van der Waals surface area contributed by atoms with E-state index in [1.807, 2.05) is 5.38 Å². The highest BCUT2D eigenvalue weighted by Gasteiger charge is 2.16. The Hall–Kier alpha value is -2.49. The van der Waals surface area contributed by atoms with Crippen LogP contribution in [0.2, 0.25) is 0 Å². The average Bonchev–Trinajstić information content (AvgIpc) is 3.54. The van der Waals surface area contributed by atoms with Gasteiger partial charge in [-0.15, -0.1) is 32.9 Å². The molecule has 1 amide bonds. The van der Waals surface area contributed by atoms with Crippen molar-refractivity contribution in [2.75, 3.05) is 11.1 Å². The minimum atomic E-state index is -0.103. The predicted molar refractivity (Wildman–Crippen MR) is 139 cm³/mol. The van der Waals surface area contributed by atoms with E-state index < -0.39 is 0 Å². The molecule has 0 radical (unpaired) electrons. The minimum Gasteiger partial charge on any atom is -0.302 e. The zero-order valence-electron chi connectivity index (χ0n) is 19.2. The van der Waals surface area contributed by atoms with Crippen LogP contribution in [-0.4, -0.2) is 31.4 Å². The van der Waals surface area contributed by atoms with Crippen molar-refractivity contribution >= 4 is 45.5 Å². The Morgan fingerprint density at radius 3 is 2.67 bits per heavy atom. The number of nitrogens with one attached hydrogen (secondary N) is 1. The number of anilines is 1. The second kappa shape index (κ2) is 10.6. The van der Waals surface area contributed by atoms with Crippen LogP contribution in [0.4, 0.5) is 5.13 Å². The standard InChI is InChI=1S/C24H27N5OS3/c1-5-7-19-11-18(12-31-19)22-27-28-24(29(22)6-2)33-14-21(30)26-23-25-20(13-32-23)17-9-8-15(3)16(4)10-17/h8-13H,5-7,14H2,1-4H3,(H,25,26,30). The highest BCUT2D eigenvalue weighted by atomic mass is 32.2. The molecule has 3 aromatic heterocycles. The maximum Gasteiger partial charge on any atom is 0.236 e. The number of amides is 1. The molecule has 0 saturated heterocycles. The van der Waals surface area contributed by atoms with E-state index in [1.54, 1.807) is 11.3 Å². The third kappa shape index (κ3) is 5.54. The Balaban J connectivity index is 1.38. The second-order valence-electron chi connectivity index (χ2n) is 7.78.